The van der Waals surface area contributed by atoms with E-state index >= 15 is 0 Å². The smallest absolute Gasteiger partial charge is 0.247 e. The molecule has 3 aromatic rings. The fourth-order valence-electron chi connectivity index (χ4n) is 4.32. The van der Waals surface area contributed by atoms with E-state index < -0.39 is 11.6 Å². The van der Waals surface area contributed by atoms with Crippen molar-refractivity contribution in [3.63, 3.8) is 0 Å². The lowest BCUT2D eigenvalue weighted by atomic mass is 10.00. The minimum atomic E-state index is -0.833. The molecule has 0 aliphatic rings. The average Bonchev–Trinajstić information content (AvgIpc) is 3.19. The Labute approximate surface area is 225 Å². The van der Waals surface area contributed by atoms with Crippen molar-refractivity contribution >= 4 is 11.8 Å². The summed E-state index contributed by atoms with van der Waals surface area (Å²) in [7, 11) is 1.61. The van der Waals surface area contributed by atoms with Crippen LogP contribution in [0.4, 0.5) is 0 Å². The summed E-state index contributed by atoms with van der Waals surface area (Å²) in [6.45, 7) is 12.8. The number of amides is 2. The van der Waals surface area contributed by atoms with Crippen LogP contribution in [0.1, 0.15) is 62.7 Å². The summed E-state index contributed by atoms with van der Waals surface area (Å²) < 4.78 is 12.7. The van der Waals surface area contributed by atoms with Gasteiger partial charge in [-0.3, -0.25) is 14.3 Å². The molecule has 1 unspecified atom stereocenters. The monoisotopic (exact) mass is 520 g/mol. The first-order valence-corrected chi connectivity index (χ1v) is 13.0. The van der Waals surface area contributed by atoms with Gasteiger partial charge in [0.05, 0.1) is 19.4 Å². The standard InChI is InChI=1S/C30H40N4O4/c1-8-38-26-15-11-24(12-16-26)28(29(36)31-30(4,5)6)33(20-23-9-13-25(37-7)14-10-23)27(35)17-18-34-22(3)19-21(2)32-34/h9-16,19,28H,8,17-18,20H2,1-7H3,(H,31,36). The lowest BCUT2D eigenvalue weighted by Crippen LogP contribution is -2.49. The van der Waals surface area contributed by atoms with Crippen LogP contribution in [-0.4, -0.2) is 45.8 Å². The zero-order valence-electron chi connectivity index (χ0n) is 23.6. The Morgan fingerprint density at radius 1 is 1.03 bits per heavy atom. The highest BCUT2D eigenvalue weighted by Gasteiger charge is 2.33. The maximum atomic E-state index is 13.9. The number of aryl methyl sites for hydroxylation is 3. The molecule has 1 N–H and O–H groups in total. The number of nitrogens with one attached hydrogen (secondary N) is 1. The van der Waals surface area contributed by atoms with Crippen LogP contribution in [0.3, 0.4) is 0 Å². The number of benzene rings is 2. The number of aromatic nitrogens is 2. The second kappa shape index (κ2) is 12.6. The molecule has 0 saturated heterocycles. The molecule has 204 valence electrons. The predicted molar refractivity (Wildman–Crippen MR) is 148 cm³/mol. The minimum absolute atomic E-state index is 0.142. The second-order valence-electron chi connectivity index (χ2n) is 10.4. The highest BCUT2D eigenvalue weighted by atomic mass is 16.5. The van der Waals surface area contributed by atoms with Crippen LogP contribution in [0, 0.1) is 13.8 Å². The molecule has 8 nitrogen and oxygen atoms in total. The van der Waals surface area contributed by atoms with Gasteiger partial charge in [-0.15, -0.1) is 0 Å². The lowest BCUT2D eigenvalue weighted by molar-refractivity contribution is -0.142. The molecule has 38 heavy (non-hydrogen) atoms. The molecule has 0 saturated carbocycles. The Hall–Kier alpha value is -3.81. The summed E-state index contributed by atoms with van der Waals surface area (Å²) in [6, 6.07) is 16.1. The van der Waals surface area contributed by atoms with Crippen molar-refractivity contribution in [2.45, 2.75) is 72.6 Å². The maximum absolute atomic E-state index is 13.9. The van der Waals surface area contributed by atoms with Crippen molar-refractivity contribution in [3.05, 3.63) is 77.1 Å². The van der Waals surface area contributed by atoms with Crippen molar-refractivity contribution < 1.29 is 19.1 Å². The van der Waals surface area contributed by atoms with Gasteiger partial charge >= 0.3 is 0 Å². The molecule has 1 aromatic heterocycles. The number of hydrogen-bond donors (Lipinski definition) is 1. The molecule has 3 rings (SSSR count). The van der Waals surface area contributed by atoms with Gasteiger partial charge in [-0.1, -0.05) is 24.3 Å². The minimum Gasteiger partial charge on any atom is -0.497 e. The summed E-state index contributed by atoms with van der Waals surface area (Å²) in [4.78, 5) is 29.3. The van der Waals surface area contributed by atoms with E-state index in [9.17, 15) is 9.59 Å². The quantitative estimate of drug-likeness (QED) is 0.385. The normalized spacial score (nSPS) is 12.1. The molecular weight excluding hydrogens is 480 g/mol. The summed E-state index contributed by atoms with van der Waals surface area (Å²) in [6.07, 6.45) is 0.203. The first-order chi connectivity index (χ1) is 18.0. The molecule has 0 bridgehead atoms. The molecule has 8 heteroatoms. The van der Waals surface area contributed by atoms with E-state index in [1.807, 2.05) is 101 Å². The summed E-state index contributed by atoms with van der Waals surface area (Å²) in [5, 5.41) is 7.58. The lowest BCUT2D eigenvalue weighted by Gasteiger charge is -2.34. The van der Waals surface area contributed by atoms with Gasteiger partial charge < -0.3 is 19.7 Å². The summed E-state index contributed by atoms with van der Waals surface area (Å²) in [5.41, 5.74) is 3.03. The maximum Gasteiger partial charge on any atom is 0.247 e. The summed E-state index contributed by atoms with van der Waals surface area (Å²) >= 11 is 0. The van der Waals surface area contributed by atoms with Gasteiger partial charge in [-0.25, -0.2) is 0 Å². The van der Waals surface area contributed by atoms with E-state index in [-0.39, 0.29) is 24.8 Å². The molecule has 1 atom stereocenters. The van der Waals surface area contributed by atoms with E-state index in [2.05, 4.69) is 10.4 Å². The summed E-state index contributed by atoms with van der Waals surface area (Å²) in [5.74, 6) is 1.06. The van der Waals surface area contributed by atoms with Gasteiger partial charge in [0, 0.05) is 30.7 Å². The molecule has 0 radical (unpaired) electrons. The predicted octanol–water partition coefficient (Wildman–Crippen LogP) is 4.98. The van der Waals surface area contributed by atoms with Gasteiger partial charge in [0.2, 0.25) is 11.8 Å². The van der Waals surface area contributed by atoms with Crippen LogP contribution in [0.2, 0.25) is 0 Å². The Balaban J connectivity index is 2.00. The van der Waals surface area contributed by atoms with Crippen molar-refractivity contribution in [1.29, 1.82) is 0 Å². The fourth-order valence-corrected chi connectivity index (χ4v) is 4.32. The van der Waals surface area contributed by atoms with E-state index in [0.717, 1.165) is 22.7 Å². The average molecular weight is 521 g/mol. The van der Waals surface area contributed by atoms with Crippen molar-refractivity contribution in [2.75, 3.05) is 13.7 Å². The SMILES string of the molecule is CCOc1ccc(C(C(=O)NC(C)(C)C)N(Cc2ccc(OC)cc2)C(=O)CCn2nc(C)cc2C)cc1. The van der Waals surface area contributed by atoms with Gasteiger partial charge in [0.25, 0.3) is 0 Å². The molecule has 0 aliphatic carbocycles. The molecule has 2 aromatic carbocycles. The zero-order chi connectivity index (χ0) is 27.9. The third-order valence-electron chi connectivity index (χ3n) is 6.04. The Kier molecular flexibility index (Phi) is 9.55. The Bertz CT molecular complexity index is 1210. The van der Waals surface area contributed by atoms with Crippen LogP contribution < -0.4 is 14.8 Å². The molecule has 0 aliphatic heterocycles. The number of rotatable bonds is 11. The van der Waals surface area contributed by atoms with Crippen molar-refractivity contribution in [2.24, 2.45) is 0 Å². The van der Waals surface area contributed by atoms with Gasteiger partial charge in [0.1, 0.15) is 17.5 Å². The largest absolute Gasteiger partial charge is 0.497 e. The Morgan fingerprint density at radius 3 is 2.18 bits per heavy atom. The van der Waals surface area contributed by atoms with Crippen LogP contribution in [-0.2, 0) is 22.7 Å². The second-order valence-corrected chi connectivity index (χ2v) is 10.4. The molecule has 2 amide bonds. The van der Waals surface area contributed by atoms with Crippen LogP contribution in [0.25, 0.3) is 0 Å². The van der Waals surface area contributed by atoms with Gasteiger partial charge in [0.15, 0.2) is 0 Å². The van der Waals surface area contributed by atoms with Crippen molar-refractivity contribution in [3.8, 4) is 11.5 Å². The highest BCUT2D eigenvalue weighted by Crippen LogP contribution is 2.28. The number of ether oxygens (including phenoxy) is 2. The number of carbonyl (C=O) groups excluding carboxylic acids is 2. The number of methoxy groups -OCH3 is 1. The first kappa shape index (κ1) is 28.8. The number of carbonyl (C=O) groups is 2. The highest BCUT2D eigenvalue weighted by molar-refractivity contribution is 5.89. The topological polar surface area (TPSA) is 85.7 Å². The third-order valence-corrected chi connectivity index (χ3v) is 6.04. The molecule has 0 fully saturated rings. The van der Waals surface area contributed by atoms with Crippen molar-refractivity contribution in [1.82, 2.24) is 20.0 Å². The van der Waals surface area contributed by atoms with Gasteiger partial charge in [-0.2, -0.15) is 5.10 Å². The van der Waals surface area contributed by atoms with Crippen LogP contribution in [0.5, 0.6) is 11.5 Å². The number of nitrogens with zero attached hydrogens (tertiary/aromatic N) is 3. The zero-order valence-corrected chi connectivity index (χ0v) is 23.6. The van der Waals surface area contributed by atoms with E-state index in [1.165, 1.54) is 0 Å². The Morgan fingerprint density at radius 2 is 1.66 bits per heavy atom. The fraction of sp³-hybridized carbons (Fsp3) is 0.433. The third kappa shape index (κ3) is 7.84. The van der Waals surface area contributed by atoms with E-state index in [1.54, 1.807) is 12.0 Å². The molecule has 0 spiro atoms. The van der Waals surface area contributed by atoms with E-state index in [4.69, 9.17) is 9.47 Å². The number of hydrogen-bond acceptors (Lipinski definition) is 5. The molecule has 1 heterocycles. The van der Waals surface area contributed by atoms with E-state index in [0.29, 0.717) is 24.5 Å². The molecular formula is C30H40N4O4. The van der Waals surface area contributed by atoms with Crippen LogP contribution in [0.15, 0.2) is 54.6 Å². The first-order valence-electron chi connectivity index (χ1n) is 13.0. The van der Waals surface area contributed by atoms with Gasteiger partial charge in [-0.05, 0) is 83.0 Å². The van der Waals surface area contributed by atoms with Crippen LogP contribution >= 0.6 is 0 Å².